The van der Waals surface area contributed by atoms with Gasteiger partial charge in [0.25, 0.3) is 0 Å². The fraction of sp³-hybridized carbons (Fsp3) is 0.258. The van der Waals surface area contributed by atoms with E-state index in [1.54, 1.807) is 0 Å². The van der Waals surface area contributed by atoms with Crippen LogP contribution in [0.25, 0.3) is 90.9 Å². The Morgan fingerprint density at radius 3 is 0.445 bits per heavy atom. The number of hydrogen-bond donors (Lipinski definition) is 0. The number of hydrogen-bond acceptors (Lipinski definition) is 10. The van der Waals surface area contributed by atoms with Gasteiger partial charge in [-0.3, -0.25) is 0 Å². The SMILES string of the molecule is CCC[C@@H](Oc1cccc(O[C@H](CCC)c2ccccc2)c1-c1c2nc(c(-c3c(O[C@H](CCC)c4ccccc4)cccc3O[C@H](CCC)c3ccccc3)c3ccc([n-]3)c(-c3c(O[C@H](CCC)c4ccccc4)cccc3O[C@H](CCC)c3ccccc3)c3nc(c(-c4c(O[C@H](CCC)c5ccccc5)cccc4O[C@H](CCC)c4ccccc4)c4ccc1[n-]4)C=C3)C=C2)c1ccccc1.[Fe+2]. The van der Waals surface area contributed by atoms with Crippen LogP contribution in [0.3, 0.4) is 0 Å². The van der Waals surface area contributed by atoms with Gasteiger partial charge in [-0.1, -0.05) is 398 Å². The van der Waals surface area contributed by atoms with E-state index in [1.165, 1.54) is 0 Å². The molecule has 15 aromatic rings. The Morgan fingerprint density at radius 1 is 0.175 bits per heavy atom. The first kappa shape index (κ1) is 96.3. The summed E-state index contributed by atoms with van der Waals surface area (Å²) in [7, 11) is 0. The van der Waals surface area contributed by atoms with Crippen LogP contribution in [0.2, 0.25) is 0 Å². The van der Waals surface area contributed by atoms with Crippen molar-refractivity contribution in [1.29, 1.82) is 0 Å². The van der Waals surface area contributed by atoms with Gasteiger partial charge >= 0.3 is 17.1 Å². The molecule has 8 bridgehead atoms. The second-order valence-corrected chi connectivity index (χ2v) is 35.3. The zero-order valence-corrected chi connectivity index (χ0v) is 81.1. The molecule has 696 valence electrons. The Balaban J connectivity index is 0.0000136. The Hall–Kier alpha value is -13.8. The average Bonchev–Trinajstić information content (AvgIpc) is 1.60. The topological polar surface area (TPSA) is 128 Å². The van der Waals surface area contributed by atoms with Crippen LogP contribution in [0.5, 0.6) is 46.0 Å². The molecule has 12 nitrogen and oxygen atoms in total. The fourth-order valence-electron chi connectivity index (χ4n) is 18.9. The molecule has 137 heavy (non-hydrogen) atoms. The van der Waals surface area contributed by atoms with E-state index in [4.69, 9.17) is 57.8 Å². The molecule has 0 aliphatic carbocycles. The number of ether oxygens (including phenoxy) is 8. The molecule has 8 atom stereocenters. The summed E-state index contributed by atoms with van der Waals surface area (Å²) >= 11 is 0. The van der Waals surface area contributed by atoms with Crippen LogP contribution in [-0.2, 0) is 17.1 Å². The number of rotatable bonds is 44. The first-order valence-corrected chi connectivity index (χ1v) is 49.4. The van der Waals surface area contributed by atoms with E-state index >= 15 is 0 Å². The Bertz CT molecular complexity index is 5580. The van der Waals surface area contributed by atoms with Gasteiger partial charge in [-0.15, -0.1) is 22.1 Å². The predicted octanol–water partition coefficient (Wildman–Crippen LogP) is 33.9. The summed E-state index contributed by atoms with van der Waals surface area (Å²) < 4.78 is 62.4. The first-order chi connectivity index (χ1) is 67.1. The van der Waals surface area contributed by atoms with E-state index in [9.17, 15) is 0 Å². The van der Waals surface area contributed by atoms with Gasteiger partial charge in [-0.25, -0.2) is 9.97 Å². The smallest absolute Gasteiger partial charge is 0.657 e. The Morgan fingerprint density at radius 2 is 0.314 bits per heavy atom. The van der Waals surface area contributed by atoms with E-state index in [0.717, 1.165) is 95.9 Å². The monoisotopic (exact) mass is 1850 g/mol. The summed E-state index contributed by atoms with van der Waals surface area (Å²) in [5.41, 5.74) is 18.3. The van der Waals surface area contributed by atoms with Crippen molar-refractivity contribution in [2.24, 2.45) is 0 Å². The third kappa shape index (κ3) is 22.8. The maximum atomic E-state index is 7.81. The van der Waals surface area contributed by atoms with Gasteiger partial charge in [0, 0.05) is 22.3 Å². The predicted molar refractivity (Wildman–Crippen MR) is 556 cm³/mol. The molecule has 17 rings (SSSR count). The summed E-state index contributed by atoms with van der Waals surface area (Å²) in [6, 6.07) is 118. The van der Waals surface area contributed by atoms with Crippen LogP contribution in [0.4, 0.5) is 0 Å². The molecule has 12 aromatic carbocycles. The van der Waals surface area contributed by atoms with Gasteiger partial charge in [0.15, 0.2) is 0 Å². The summed E-state index contributed by atoms with van der Waals surface area (Å²) in [4.78, 5) is 24.9. The second kappa shape index (κ2) is 47.6. The van der Waals surface area contributed by atoms with E-state index in [-0.39, 0.29) is 65.9 Å². The molecule has 0 fully saturated rings. The zero-order valence-electron chi connectivity index (χ0n) is 80.0. The van der Waals surface area contributed by atoms with Crippen molar-refractivity contribution < 1.29 is 55.0 Å². The summed E-state index contributed by atoms with van der Waals surface area (Å²) in [5.74, 6) is 4.71. The van der Waals surface area contributed by atoms with Crippen molar-refractivity contribution in [1.82, 2.24) is 19.9 Å². The van der Waals surface area contributed by atoms with Gasteiger partial charge in [0.1, 0.15) is 94.8 Å². The maximum absolute atomic E-state index is 7.81. The minimum Gasteiger partial charge on any atom is -0.657 e. The van der Waals surface area contributed by atoms with Crippen molar-refractivity contribution in [2.75, 3.05) is 0 Å². The minimum absolute atomic E-state index is 0. The number of benzene rings is 12. The normalized spacial score (nSPS) is 13.4. The third-order valence-corrected chi connectivity index (χ3v) is 25.5. The molecule has 5 heterocycles. The van der Waals surface area contributed by atoms with Crippen molar-refractivity contribution in [3.05, 3.63) is 407 Å². The van der Waals surface area contributed by atoms with Crippen LogP contribution in [-0.4, -0.2) is 9.97 Å². The standard InChI is InChI=1S/C124H124N4O8.Fe/c1-9-45-101(85-53-25-17-26-54-85)129-109-69-41-70-110(130-102(46-10-2)86-55-27-18-28-56-86)121(109)117-93-77-79-95(125-93)118(122-111(131-103(47-11-3)87-57-29-19-30-58-87)71-42-72-112(122)132-104(48-12-4)88-59-31-20-32-60-88)97-81-83-99(127-97)120(124-115(135-107(51-15-7)91-65-37-23-38-66-91)75-44-76-116(124)136-108(52-16-8)92-67-39-24-40-68-92)100-84-82-98(128-100)119(96-80-78-94(117)126-96)123-113(133-105(49-13-5)89-61-33-21-34-62-89)73-43-74-114(123)134-106(50-14-6)90-63-35-22-36-64-90;/h17-44,53-84,101-108H,9-16,45-52H2,1-8H3;/q-2;+2/t101-,102-,103-,104-,105-,106-,107-,108-;/m1./s1. The summed E-state index contributed by atoms with van der Waals surface area (Å²) in [6.07, 6.45) is 17.9. The number of fused-ring (bicyclic) bond motifs is 8. The molecule has 0 saturated heterocycles. The van der Waals surface area contributed by atoms with Crippen LogP contribution >= 0.6 is 0 Å². The molecular formula is C124H124FeN4O8. The van der Waals surface area contributed by atoms with Gasteiger partial charge in [-0.2, -0.15) is 0 Å². The summed E-state index contributed by atoms with van der Waals surface area (Å²) in [5, 5.41) is 0. The second-order valence-electron chi connectivity index (χ2n) is 35.3. The third-order valence-electron chi connectivity index (χ3n) is 25.5. The molecule has 13 heteroatoms. The van der Waals surface area contributed by atoms with Gasteiger partial charge in [0.2, 0.25) is 0 Å². The van der Waals surface area contributed by atoms with Crippen molar-refractivity contribution in [3.63, 3.8) is 0 Å². The minimum atomic E-state index is -0.385. The van der Waals surface area contributed by atoms with E-state index in [1.807, 2.05) is 0 Å². The molecule has 0 spiro atoms. The van der Waals surface area contributed by atoms with Crippen LogP contribution in [0.1, 0.15) is 274 Å². The van der Waals surface area contributed by atoms with Crippen molar-refractivity contribution >= 4 is 46.4 Å². The Labute approximate surface area is 820 Å². The number of nitrogens with zero attached hydrogens (tertiary/aromatic N) is 4. The average molecular weight is 1850 g/mol. The maximum Gasteiger partial charge on any atom is 2.00 e. The van der Waals surface area contributed by atoms with Crippen LogP contribution in [0, 0.1) is 0 Å². The molecule has 0 saturated carbocycles. The van der Waals surface area contributed by atoms with Crippen molar-refractivity contribution in [2.45, 2.75) is 207 Å². The number of aromatic nitrogens is 4. The molecular weight excluding hydrogens is 1730 g/mol. The Kier molecular flexibility index (Phi) is 33.4. The quantitative estimate of drug-likeness (QED) is 0.0337. The molecule has 2 aliphatic rings. The molecule has 0 N–H and O–H groups in total. The first-order valence-electron chi connectivity index (χ1n) is 49.4. The van der Waals surface area contributed by atoms with Crippen LogP contribution in [0.15, 0.2) is 340 Å². The molecule has 0 radical (unpaired) electrons. The van der Waals surface area contributed by atoms with E-state index in [0.29, 0.717) is 187 Å². The largest absolute Gasteiger partial charge is 2.00 e. The van der Waals surface area contributed by atoms with E-state index < -0.39 is 0 Å². The summed E-state index contributed by atoms with van der Waals surface area (Å²) in [6.45, 7) is 17.7. The fourth-order valence-corrected chi connectivity index (χ4v) is 18.9. The van der Waals surface area contributed by atoms with E-state index in [2.05, 4.69) is 419 Å². The van der Waals surface area contributed by atoms with Gasteiger partial charge in [-0.05, 0) is 169 Å². The van der Waals surface area contributed by atoms with Crippen molar-refractivity contribution in [3.8, 4) is 90.5 Å². The molecule has 0 unspecified atom stereocenters. The zero-order chi connectivity index (χ0) is 93.3. The molecule has 0 amide bonds. The van der Waals surface area contributed by atoms with Gasteiger partial charge < -0.3 is 47.9 Å². The van der Waals surface area contributed by atoms with Crippen LogP contribution < -0.4 is 47.9 Å². The molecule has 3 aromatic heterocycles. The van der Waals surface area contributed by atoms with Gasteiger partial charge in [0.05, 0.1) is 45.0 Å². The molecule has 2 aliphatic heterocycles.